The second-order valence-corrected chi connectivity index (χ2v) is 11.0. The zero-order valence-electron chi connectivity index (χ0n) is 22.4. The summed E-state index contributed by atoms with van der Waals surface area (Å²) < 4.78 is 11.7. The highest BCUT2D eigenvalue weighted by Crippen LogP contribution is 2.34. The third-order valence-corrected chi connectivity index (χ3v) is 8.05. The molecule has 1 amide bonds. The zero-order valence-corrected chi connectivity index (χ0v) is 23.9. The predicted octanol–water partition coefficient (Wildman–Crippen LogP) is 7.01. The Balaban J connectivity index is 1.25. The van der Waals surface area contributed by atoms with Crippen molar-refractivity contribution in [2.75, 3.05) is 26.3 Å². The van der Waals surface area contributed by atoms with Gasteiger partial charge >= 0.3 is 0 Å². The molecule has 0 unspecified atom stereocenters. The summed E-state index contributed by atoms with van der Waals surface area (Å²) in [6.07, 6.45) is 2.88. The molecule has 0 aromatic heterocycles. The number of hydrogen-bond donors (Lipinski definition) is 1. The van der Waals surface area contributed by atoms with Crippen LogP contribution in [-0.4, -0.2) is 43.2 Å². The van der Waals surface area contributed by atoms with Crippen LogP contribution in [0.4, 0.5) is 0 Å². The number of halogens is 2. The molecule has 1 saturated carbocycles. The summed E-state index contributed by atoms with van der Waals surface area (Å²) in [4.78, 5) is 15.8. The highest BCUT2D eigenvalue weighted by atomic mass is 35.5. The van der Waals surface area contributed by atoms with E-state index in [1.165, 1.54) is 0 Å². The van der Waals surface area contributed by atoms with Gasteiger partial charge in [0.25, 0.3) is 5.91 Å². The molecule has 5 nitrogen and oxygen atoms in total. The fourth-order valence-corrected chi connectivity index (χ4v) is 5.34. The molecular formula is C32H34Cl2N2O3. The molecule has 0 bridgehead atoms. The summed E-state index contributed by atoms with van der Waals surface area (Å²) in [5.74, 6) is 1.53. The van der Waals surface area contributed by atoms with E-state index in [4.69, 9.17) is 32.7 Å². The van der Waals surface area contributed by atoms with Gasteiger partial charge in [-0.1, -0.05) is 53.5 Å². The molecule has 2 aliphatic rings. The molecule has 0 saturated heterocycles. The van der Waals surface area contributed by atoms with Crippen LogP contribution in [0.5, 0.6) is 11.5 Å². The van der Waals surface area contributed by atoms with Gasteiger partial charge in [0, 0.05) is 29.7 Å². The Kier molecular flexibility index (Phi) is 8.81. The summed E-state index contributed by atoms with van der Waals surface area (Å²) in [6.45, 7) is 6.80. The second kappa shape index (κ2) is 12.5. The van der Waals surface area contributed by atoms with Crippen molar-refractivity contribution in [2.24, 2.45) is 0 Å². The molecule has 7 heteroatoms. The number of nitrogens with zero attached hydrogens (tertiary/aromatic N) is 1. The average Bonchev–Trinajstić information content (AvgIpc) is 3.79. The monoisotopic (exact) mass is 564 g/mol. The van der Waals surface area contributed by atoms with Gasteiger partial charge < -0.3 is 19.7 Å². The summed E-state index contributed by atoms with van der Waals surface area (Å²) >= 11 is 12.7. The van der Waals surface area contributed by atoms with Crippen LogP contribution in [0.15, 0.2) is 66.2 Å². The van der Waals surface area contributed by atoms with Gasteiger partial charge in [0.1, 0.15) is 24.7 Å². The molecule has 5 rings (SSSR count). The topological polar surface area (TPSA) is 50.8 Å². The molecule has 0 atom stereocenters. The van der Waals surface area contributed by atoms with Crippen molar-refractivity contribution in [1.82, 2.24) is 10.2 Å². The highest BCUT2D eigenvalue weighted by Gasteiger charge is 2.35. The van der Waals surface area contributed by atoms with Crippen molar-refractivity contribution in [3.05, 3.63) is 98.5 Å². The van der Waals surface area contributed by atoms with Crippen molar-refractivity contribution in [2.45, 2.75) is 45.7 Å². The molecule has 3 aromatic carbocycles. The molecule has 1 aliphatic carbocycles. The molecule has 204 valence electrons. The lowest BCUT2D eigenvalue weighted by molar-refractivity contribution is -0.128. The Bertz CT molecular complexity index is 1370. The fraction of sp³-hybridized carbons (Fsp3) is 0.344. The van der Waals surface area contributed by atoms with E-state index in [-0.39, 0.29) is 11.9 Å². The summed E-state index contributed by atoms with van der Waals surface area (Å²) in [5, 5.41) is 4.70. The molecule has 0 radical (unpaired) electrons. The van der Waals surface area contributed by atoms with Crippen LogP contribution in [-0.2, 0) is 11.3 Å². The number of rotatable bonds is 10. The number of carbonyl (C=O) groups excluding carboxylic acids is 1. The maximum absolute atomic E-state index is 13.8. The van der Waals surface area contributed by atoms with Gasteiger partial charge in [0.05, 0.1) is 5.02 Å². The molecule has 1 aliphatic heterocycles. The number of nitrogens with one attached hydrogen (secondary N) is 1. The van der Waals surface area contributed by atoms with E-state index in [0.717, 1.165) is 65.0 Å². The third-order valence-electron chi connectivity index (χ3n) is 7.38. The minimum Gasteiger partial charge on any atom is -0.490 e. The van der Waals surface area contributed by atoms with Crippen LogP contribution in [0.1, 0.15) is 41.5 Å². The van der Waals surface area contributed by atoms with Gasteiger partial charge in [-0.2, -0.15) is 0 Å². The van der Waals surface area contributed by atoms with Crippen molar-refractivity contribution in [1.29, 1.82) is 0 Å². The van der Waals surface area contributed by atoms with Crippen LogP contribution in [0.25, 0.3) is 5.57 Å². The standard InChI is InChI=1S/C32H34Cl2N2O3/c1-21-17-30(34)31(18-22(21)2)39-16-15-38-26-11-7-23(8-12-26)27-13-14-35-19-28(27)32(37)36(25-9-10-25)20-24-5-3-4-6-29(24)33/h3-8,11-12,17-18,25,35H,9-10,13-16,19-20H2,1-2H3. The first-order chi connectivity index (χ1) is 18.9. The maximum Gasteiger partial charge on any atom is 0.251 e. The minimum atomic E-state index is 0.0992. The fourth-order valence-electron chi connectivity index (χ4n) is 4.87. The largest absolute Gasteiger partial charge is 0.490 e. The quantitative estimate of drug-likeness (QED) is 0.269. The average molecular weight is 566 g/mol. The first-order valence-corrected chi connectivity index (χ1v) is 14.3. The number of benzene rings is 3. The normalized spacial score (nSPS) is 15.3. The van der Waals surface area contributed by atoms with E-state index in [2.05, 4.69) is 5.32 Å². The Labute approximate surface area is 240 Å². The van der Waals surface area contributed by atoms with Gasteiger partial charge in [-0.25, -0.2) is 0 Å². The van der Waals surface area contributed by atoms with Crippen LogP contribution >= 0.6 is 23.2 Å². The van der Waals surface area contributed by atoms with E-state index in [1.807, 2.05) is 79.4 Å². The lowest BCUT2D eigenvalue weighted by atomic mass is 9.93. The first-order valence-electron chi connectivity index (χ1n) is 13.5. The zero-order chi connectivity index (χ0) is 27.4. The smallest absolute Gasteiger partial charge is 0.251 e. The second-order valence-electron chi connectivity index (χ2n) is 10.2. The Morgan fingerprint density at radius 1 is 0.949 bits per heavy atom. The summed E-state index contributed by atoms with van der Waals surface area (Å²) in [5.41, 5.74) is 6.25. The van der Waals surface area contributed by atoms with Crippen LogP contribution in [0, 0.1) is 13.8 Å². The third kappa shape index (κ3) is 6.78. The molecular weight excluding hydrogens is 531 g/mol. The number of hydrogen-bond acceptors (Lipinski definition) is 4. The van der Waals surface area contributed by atoms with Crippen molar-refractivity contribution >= 4 is 34.7 Å². The lowest BCUT2D eigenvalue weighted by Gasteiger charge is -2.28. The van der Waals surface area contributed by atoms with Crippen molar-refractivity contribution in [3.8, 4) is 11.5 Å². The van der Waals surface area contributed by atoms with Crippen LogP contribution < -0.4 is 14.8 Å². The molecule has 1 fully saturated rings. The van der Waals surface area contributed by atoms with Crippen molar-refractivity contribution in [3.63, 3.8) is 0 Å². The van der Waals surface area contributed by atoms with E-state index < -0.39 is 0 Å². The lowest BCUT2D eigenvalue weighted by Crippen LogP contribution is -2.39. The minimum absolute atomic E-state index is 0.0992. The number of aryl methyl sites for hydroxylation is 2. The SMILES string of the molecule is Cc1cc(Cl)c(OCCOc2ccc(C3=C(C(=O)N(Cc4ccccc4Cl)C4CC4)CNCC3)cc2)cc1C. The van der Waals surface area contributed by atoms with Gasteiger partial charge in [-0.3, -0.25) is 4.79 Å². The Morgan fingerprint density at radius 3 is 2.41 bits per heavy atom. The number of ether oxygens (including phenoxy) is 2. The molecule has 3 aromatic rings. The number of amides is 1. The molecule has 1 N–H and O–H groups in total. The van der Waals surface area contributed by atoms with Crippen LogP contribution in [0.3, 0.4) is 0 Å². The van der Waals surface area contributed by atoms with E-state index in [9.17, 15) is 4.79 Å². The molecule has 1 heterocycles. The van der Waals surface area contributed by atoms with E-state index in [1.54, 1.807) is 0 Å². The van der Waals surface area contributed by atoms with Gasteiger partial charge in [-0.05, 0) is 97.8 Å². The van der Waals surface area contributed by atoms with Crippen LogP contribution in [0.2, 0.25) is 10.0 Å². The van der Waals surface area contributed by atoms with E-state index in [0.29, 0.717) is 42.1 Å². The number of carbonyl (C=O) groups is 1. The molecule has 0 spiro atoms. The van der Waals surface area contributed by atoms with Gasteiger partial charge in [0.2, 0.25) is 0 Å². The van der Waals surface area contributed by atoms with Gasteiger partial charge in [0.15, 0.2) is 0 Å². The maximum atomic E-state index is 13.8. The predicted molar refractivity (Wildman–Crippen MR) is 158 cm³/mol. The summed E-state index contributed by atoms with van der Waals surface area (Å²) in [6, 6.07) is 19.9. The first kappa shape index (κ1) is 27.6. The van der Waals surface area contributed by atoms with Gasteiger partial charge in [-0.15, -0.1) is 0 Å². The summed E-state index contributed by atoms with van der Waals surface area (Å²) in [7, 11) is 0. The molecule has 39 heavy (non-hydrogen) atoms. The Hall–Kier alpha value is -2.99. The highest BCUT2D eigenvalue weighted by molar-refractivity contribution is 6.32. The van der Waals surface area contributed by atoms with Crippen molar-refractivity contribution < 1.29 is 14.3 Å². The van der Waals surface area contributed by atoms with E-state index >= 15 is 0 Å². The Morgan fingerprint density at radius 2 is 1.67 bits per heavy atom.